The summed E-state index contributed by atoms with van der Waals surface area (Å²) in [5, 5.41) is 1.57. The number of benzene rings is 2. The van der Waals surface area contributed by atoms with E-state index in [1.807, 2.05) is 18.2 Å². The number of anilines is 2. The number of aromatic nitrogens is 2. The highest BCUT2D eigenvalue weighted by atomic mass is 35.5. The van der Waals surface area contributed by atoms with Gasteiger partial charge in [-0.1, -0.05) is 36.4 Å². The van der Waals surface area contributed by atoms with Gasteiger partial charge in [0.15, 0.2) is 5.83 Å². The molecule has 4 heterocycles. The van der Waals surface area contributed by atoms with Gasteiger partial charge in [-0.25, -0.2) is 15.4 Å². The lowest BCUT2D eigenvalue weighted by Crippen LogP contribution is -2.57. The molecule has 0 radical (unpaired) electrons. The van der Waals surface area contributed by atoms with Crippen LogP contribution in [-0.2, 0) is 22.5 Å². The van der Waals surface area contributed by atoms with Gasteiger partial charge in [0, 0.05) is 54.9 Å². The van der Waals surface area contributed by atoms with E-state index in [0.29, 0.717) is 63.1 Å². The van der Waals surface area contributed by atoms with Gasteiger partial charge < -0.3 is 33.9 Å². The van der Waals surface area contributed by atoms with Gasteiger partial charge in [0.05, 0.1) is 35.9 Å². The van der Waals surface area contributed by atoms with Crippen LogP contribution in [0.3, 0.4) is 0 Å². The van der Waals surface area contributed by atoms with Crippen LogP contribution in [0.5, 0.6) is 6.01 Å². The number of carbonyl (C=O) groups excluding carboxylic acids is 1. The third-order valence-electron chi connectivity index (χ3n) is 10.3. The average molecular weight is 692 g/mol. The molecule has 0 unspecified atom stereocenters. The van der Waals surface area contributed by atoms with Crippen LogP contribution in [0.2, 0.25) is 5.02 Å². The Labute approximate surface area is 290 Å². The maximum atomic E-state index is 14.7. The van der Waals surface area contributed by atoms with E-state index in [2.05, 4.69) is 40.1 Å². The Morgan fingerprint density at radius 1 is 1.24 bits per heavy atom. The maximum Gasteiger partial charge on any atom is 0.318 e. The molecule has 2 saturated heterocycles. The minimum atomic E-state index is -1.04. The summed E-state index contributed by atoms with van der Waals surface area (Å²) in [6.07, 6.45) is 3.00. The molecule has 2 atom stereocenters. The number of piperazine rings is 1. The molecular weight excluding hydrogens is 652 g/mol. The minimum Gasteiger partial charge on any atom is -0.463 e. The minimum absolute atomic E-state index is 0.0196. The molecule has 10 nitrogen and oxygen atoms in total. The Morgan fingerprint density at radius 3 is 2.73 bits per heavy atom. The van der Waals surface area contributed by atoms with Crippen LogP contribution in [0.15, 0.2) is 42.7 Å². The second kappa shape index (κ2) is 13.3. The molecule has 0 spiro atoms. The molecule has 13 heteroatoms. The summed E-state index contributed by atoms with van der Waals surface area (Å²) in [7, 11) is 2.15. The van der Waals surface area contributed by atoms with Gasteiger partial charge in [0.1, 0.15) is 24.3 Å². The zero-order chi connectivity index (χ0) is 34.4. The maximum absolute atomic E-state index is 14.7. The number of rotatable bonds is 10. The van der Waals surface area contributed by atoms with Crippen LogP contribution >= 0.6 is 11.6 Å². The van der Waals surface area contributed by atoms with E-state index in [1.54, 1.807) is 6.07 Å². The number of nitrogens with zero attached hydrogens (tertiary/aromatic N) is 7. The van der Waals surface area contributed by atoms with Crippen molar-refractivity contribution in [1.29, 1.82) is 0 Å². The first-order valence-electron chi connectivity index (χ1n) is 16.7. The van der Waals surface area contributed by atoms with Crippen molar-refractivity contribution in [1.82, 2.24) is 19.8 Å². The van der Waals surface area contributed by atoms with Crippen LogP contribution in [0.25, 0.3) is 15.6 Å². The largest absolute Gasteiger partial charge is 0.463 e. The van der Waals surface area contributed by atoms with Gasteiger partial charge >= 0.3 is 6.01 Å². The number of carbonyl (C=O) groups is 1. The second-order valence-electron chi connectivity index (χ2n) is 13.9. The molecule has 1 amide bonds. The van der Waals surface area contributed by atoms with E-state index in [0.717, 1.165) is 28.9 Å². The first-order chi connectivity index (χ1) is 23.6. The fraction of sp³-hybridized carbons (Fsp3) is 0.500. The van der Waals surface area contributed by atoms with Gasteiger partial charge in [0.2, 0.25) is 6.54 Å². The number of hydrogen-bond acceptors (Lipinski definition) is 8. The fourth-order valence-electron chi connectivity index (χ4n) is 7.47. The van der Waals surface area contributed by atoms with Crippen LogP contribution < -0.4 is 14.5 Å². The van der Waals surface area contributed by atoms with Gasteiger partial charge in [0.25, 0.3) is 5.91 Å². The van der Waals surface area contributed by atoms with E-state index in [4.69, 9.17) is 37.6 Å². The van der Waals surface area contributed by atoms with Crippen molar-refractivity contribution in [3.63, 3.8) is 0 Å². The molecule has 1 saturated carbocycles. The van der Waals surface area contributed by atoms with Gasteiger partial charge in [-0.15, -0.1) is 0 Å². The number of hydrogen-bond donors (Lipinski definition) is 0. The van der Waals surface area contributed by atoms with E-state index < -0.39 is 23.6 Å². The van der Waals surface area contributed by atoms with Crippen molar-refractivity contribution in [2.75, 3.05) is 69.4 Å². The van der Waals surface area contributed by atoms with E-state index in [-0.39, 0.29) is 35.6 Å². The van der Waals surface area contributed by atoms with Crippen LogP contribution in [-0.4, -0.2) is 103 Å². The number of ether oxygens (including phenoxy) is 2. The summed E-state index contributed by atoms with van der Waals surface area (Å²) in [6, 6.07) is 9.20. The SMILES string of the molecule is [C-]#[N+]C[C@H]1CN(c2nc(OCC3(CN(C)C4CC4)COC3)nc3c2C[C@H](C)N(c2cccc4ccc(F)c(Cl)c24)C3)CCN1C(=O)C(=C)F. The van der Waals surface area contributed by atoms with Crippen molar-refractivity contribution >= 4 is 39.8 Å². The molecule has 1 aromatic heterocycles. The smallest absolute Gasteiger partial charge is 0.318 e. The normalized spacial score (nSPS) is 21.7. The summed E-state index contributed by atoms with van der Waals surface area (Å²) in [5.41, 5.74) is 2.36. The molecule has 49 heavy (non-hydrogen) atoms. The van der Waals surface area contributed by atoms with Crippen molar-refractivity contribution in [2.24, 2.45) is 5.41 Å². The monoisotopic (exact) mass is 691 g/mol. The van der Waals surface area contributed by atoms with E-state index in [9.17, 15) is 13.6 Å². The summed E-state index contributed by atoms with van der Waals surface area (Å²) >= 11 is 6.56. The molecule has 0 bridgehead atoms. The van der Waals surface area contributed by atoms with E-state index in [1.165, 1.54) is 23.8 Å². The standard InChI is InChI=1S/C36H40ClF2N7O3/c1-22-14-27-29(17-46(22)30-7-5-6-24-8-11-28(39)32(37)31(24)30)41-35(49-21-36(19-48-20-36)18-43(4)25-9-10-25)42-33(27)44-12-13-45(34(47)23(2)38)26(16-44)15-40-3/h5-8,11,22,25-26H,2,9-10,12-21H2,1,4H3/t22-,26-/m0/s1. The number of fused-ring (bicyclic) bond motifs is 2. The highest BCUT2D eigenvalue weighted by Crippen LogP contribution is 2.40. The first kappa shape index (κ1) is 33.4. The molecule has 3 fully saturated rings. The summed E-state index contributed by atoms with van der Waals surface area (Å²) in [6.45, 7) is 16.6. The van der Waals surface area contributed by atoms with Gasteiger partial charge in [-0.2, -0.15) is 9.97 Å². The predicted molar refractivity (Wildman–Crippen MR) is 184 cm³/mol. The zero-order valence-corrected chi connectivity index (χ0v) is 28.6. The molecule has 3 aliphatic heterocycles. The fourth-order valence-corrected chi connectivity index (χ4v) is 7.74. The number of amides is 1. The lowest BCUT2D eigenvalue weighted by atomic mass is 9.86. The van der Waals surface area contributed by atoms with Crippen LogP contribution in [0.1, 0.15) is 31.0 Å². The Balaban J connectivity index is 1.24. The zero-order valence-electron chi connectivity index (χ0n) is 27.8. The van der Waals surface area contributed by atoms with Gasteiger partial charge in [-0.05, 0) is 50.8 Å². The molecular formula is C36H40ClF2N7O3. The average Bonchev–Trinajstić information content (AvgIpc) is 3.93. The third kappa shape index (κ3) is 6.52. The third-order valence-corrected chi connectivity index (χ3v) is 10.7. The summed E-state index contributed by atoms with van der Waals surface area (Å²) in [5.74, 6) is -1.62. The summed E-state index contributed by atoms with van der Waals surface area (Å²) < 4.78 is 40.7. The Bertz CT molecular complexity index is 1830. The second-order valence-corrected chi connectivity index (χ2v) is 14.3. The highest BCUT2D eigenvalue weighted by Gasteiger charge is 2.44. The highest BCUT2D eigenvalue weighted by molar-refractivity contribution is 6.36. The predicted octanol–water partition coefficient (Wildman–Crippen LogP) is 5.28. The molecule has 258 valence electrons. The molecule has 7 rings (SSSR count). The molecule has 1 aliphatic carbocycles. The Hall–Kier alpha value is -4.05. The Kier molecular flexibility index (Phi) is 9.11. The van der Waals surface area contributed by atoms with Crippen molar-refractivity contribution in [2.45, 2.75) is 50.9 Å². The van der Waals surface area contributed by atoms with Crippen LogP contribution in [0.4, 0.5) is 20.3 Å². The molecule has 3 aromatic rings. The number of halogens is 3. The first-order valence-corrected chi connectivity index (χ1v) is 17.1. The lowest BCUT2D eigenvalue weighted by Gasteiger charge is -2.44. The molecule has 0 N–H and O–H groups in total. The molecule has 2 aromatic carbocycles. The topological polar surface area (TPSA) is 78.6 Å². The van der Waals surface area contributed by atoms with Gasteiger partial charge in [-0.3, -0.25) is 4.79 Å². The van der Waals surface area contributed by atoms with Crippen molar-refractivity contribution in [3.05, 3.63) is 76.3 Å². The van der Waals surface area contributed by atoms with E-state index >= 15 is 0 Å². The van der Waals surface area contributed by atoms with Crippen molar-refractivity contribution in [3.8, 4) is 6.01 Å². The van der Waals surface area contributed by atoms with Crippen LogP contribution in [0, 0.1) is 17.8 Å². The Morgan fingerprint density at radius 2 is 2.04 bits per heavy atom. The van der Waals surface area contributed by atoms with Crippen molar-refractivity contribution < 1.29 is 23.0 Å². The molecule has 4 aliphatic rings. The summed E-state index contributed by atoms with van der Waals surface area (Å²) in [4.78, 5) is 34.2. The quantitative estimate of drug-likeness (QED) is 0.210. The lowest BCUT2D eigenvalue weighted by molar-refractivity contribution is -0.143.